The number of carbonyl (C=O) groups is 1. The highest BCUT2D eigenvalue weighted by molar-refractivity contribution is 8.00. The van der Waals surface area contributed by atoms with Gasteiger partial charge in [0.1, 0.15) is 6.04 Å². The van der Waals surface area contributed by atoms with Crippen molar-refractivity contribution < 1.29 is 13.2 Å². The third kappa shape index (κ3) is 4.43. The standard InChI is InChI=1S/C13H16N4O3S3/c1-9(11(18)14-12-15-16-13(21-2)22-12)17(23(3,19)20)10-7-5-4-6-8-10/h4-9H,1-3H3,(H,14,15,18)/t9-/m0/s1. The van der Waals surface area contributed by atoms with Gasteiger partial charge in [-0.2, -0.15) is 0 Å². The predicted molar refractivity (Wildman–Crippen MR) is 93.5 cm³/mol. The number of thioether (sulfide) groups is 1. The van der Waals surface area contributed by atoms with Crippen LogP contribution in [0.4, 0.5) is 10.8 Å². The van der Waals surface area contributed by atoms with E-state index in [1.165, 1.54) is 30.0 Å². The van der Waals surface area contributed by atoms with Gasteiger partial charge in [0, 0.05) is 0 Å². The molecule has 1 amide bonds. The van der Waals surface area contributed by atoms with E-state index in [9.17, 15) is 13.2 Å². The van der Waals surface area contributed by atoms with Crippen molar-refractivity contribution in [1.29, 1.82) is 0 Å². The molecule has 0 unspecified atom stereocenters. The van der Waals surface area contributed by atoms with Gasteiger partial charge < -0.3 is 0 Å². The quantitative estimate of drug-likeness (QED) is 0.616. The van der Waals surface area contributed by atoms with Gasteiger partial charge in [0.05, 0.1) is 11.9 Å². The number of nitrogens with zero attached hydrogens (tertiary/aromatic N) is 3. The summed E-state index contributed by atoms with van der Waals surface area (Å²) in [7, 11) is -3.62. The number of hydrogen-bond donors (Lipinski definition) is 1. The number of benzene rings is 1. The van der Waals surface area contributed by atoms with Crippen LogP contribution in [0.15, 0.2) is 34.7 Å². The number of rotatable bonds is 6. The van der Waals surface area contributed by atoms with Gasteiger partial charge in [0.15, 0.2) is 4.34 Å². The average Bonchev–Trinajstić information content (AvgIpc) is 2.94. The van der Waals surface area contributed by atoms with Crippen LogP contribution in [0.3, 0.4) is 0 Å². The lowest BCUT2D eigenvalue weighted by atomic mass is 10.2. The molecule has 0 saturated carbocycles. The second-order valence-electron chi connectivity index (χ2n) is 4.64. The second-order valence-corrected chi connectivity index (χ2v) is 8.53. The van der Waals surface area contributed by atoms with E-state index in [2.05, 4.69) is 15.5 Å². The van der Waals surface area contributed by atoms with Gasteiger partial charge in [-0.15, -0.1) is 10.2 Å². The Morgan fingerprint density at radius 2 is 1.96 bits per heavy atom. The maximum Gasteiger partial charge on any atom is 0.249 e. The molecule has 0 aliphatic carbocycles. The Morgan fingerprint density at radius 3 is 2.48 bits per heavy atom. The van der Waals surface area contributed by atoms with Gasteiger partial charge >= 0.3 is 0 Å². The molecule has 7 nitrogen and oxygen atoms in total. The minimum absolute atomic E-state index is 0.340. The van der Waals surface area contributed by atoms with Gasteiger partial charge in [0.2, 0.25) is 21.1 Å². The maximum absolute atomic E-state index is 12.4. The lowest BCUT2D eigenvalue weighted by Gasteiger charge is -2.27. The molecule has 1 aromatic carbocycles. The van der Waals surface area contributed by atoms with Gasteiger partial charge in [-0.1, -0.05) is 41.3 Å². The van der Waals surface area contributed by atoms with Crippen molar-refractivity contribution in [3.63, 3.8) is 0 Å². The van der Waals surface area contributed by atoms with E-state index in [0.717, 1.165) is 14.9 Å². The van der Waals surface area contributed by atoms with Crippen LogP contribution < -0.4 is 9.62 Å². The number of nitrogens with one attached hydrogen (secondary N) is 1. The third-order valence-corrected chi connectivity index (χ3v) is 5.97. The number of carbonyl (C=O) groups excluding carboxylic acids is 1. The molecule has 1 atom stereocenters. The molecule has 1 heterocycles. The molecule has 0 aliphatic heterocycles. The first kappa shape index (κ1) is 17.7. The van der Waals surface area contributed by atoms with Crippen molar-refractivity contribution in [2.75, 3.05) is 22.1 Å². The molecular weight excluding hydrogens is 356 g/mol. The van der Waals surface area contributed by atoms with Crippen molar-refractivity contribution in [2.24, 2.45) is 0 Å². The minimum Gasteiger partial charge on any atom is -0.299 e. The van der Waals surface area contributed by atoms with Crippen molar-refractivity contribution in [3.8, 4) is 0 Å². The summed E-state index contributed by atoms with van der Waals surface area (Å²) in [6, 6.07) is 7.57. The topological polar surface area (TPSA) is 92.3 Å². The monoisotopic (exact) mass is 372 g/mol. The molecule has 0 saturated heterocycles. The maximum atomic E-state index is 12.4. The summed E-state index contributed by atoms with van der Waals surface area (Å²) in [5, 5.41) is 10.7. The van der Waals surface area contributed by atoms with E-state index >= 15 is 0 Å². The fourth-order valence-corrected chi connectivity index (χ4v) is 4.28. The Kier molecular flexibility index (Phi) is 5.60. The van der Waals surface area contributed by atoms with E-state index < -0.39 is 22.0 Å². The van der Waals surface area contributed by atoms with Crippen LogP contribution in [0.1, 0.15) is 6.92 Å². The van der Waals surface area contributed by atoms with Crippen molar-refractivity contribution in [1.82, 2.24) is 10.2 Å². The molecule has 10 heteroatoms. The number of aromatic nitrogens is 2. The van der Waals surface area contributed by atoms with Crippen LogP contribution in [-0.2, 0) is 14.8 Å². The molecule has 1 N–H and O–H groups in total. The Morgan fingerprint density at radius 1 is 1.30 bits per heavy atom. The minimum atomic E-state index is -3.62. The average molecular weight is 372 g/mol. The lowest BCUT2D eigenvalue weighted by Crippen LogP contribution is -2.45. The second kappa shape index (κ2) is 7.28. The number of para-hydroxylation sites is 1. The fourth-order valence-electron chi connectivity index (χ4n) is 1.94. The predicted octanol–water partition coefficient (Wildman–Crippen LogP) is 2.05. The van der Waals surface area contributed by atoms with E-state index in [1.54, 1.807) is 30.3 Å². The highest BCUT2D eigenvalue weighted by atomic mass is 32.2. The van der Waals surface area contributed by atoms with Gasteiger partial charge in [-0.05, 0) is 25.3 Å². The molecule has 0 spiro atoms. The summed E-state index contributed by atoms with van der Waals surface area (Å²) in [5.41, 5.74) is 0.430. The van der Waals surface area contributed by atoms with Crippen molar-refractivity contribution in [3.05, 3.63) is 30.3 Å². The number of anilines is 2. The molecule has 23 heavy (non-hydrogen) atoms. The zero-order chi connectivity index (χ0) is 17.0. The fraction of sp³-hybridized carbons (Fsp3) is 0.308. The van der Waals surface area contributed by atoms with Crippen LogP contribution >= 0.6 is 23.1 Å². The number of sulfonamides is 1. The Bertz CT molecular complexity index is 777. The zero-order valence-electron chi connectivity index (χ0n) is 12.8. The summed E-state index contributed by atoms with van der Waals surface area (Å²) < 4.78 is 26.0. The molecule has 2 aromatic rings. The molecule has 0 radical (unpaired) electrons. The molecule has 124 valence electrons. The summed E-state index contributed by atoms with van der Waals surface area (Å²) in [5.74, 6) is -0.469. The molecule has 0 fully saturated rings. The van der Waals surface area contributed by atoms with E-state index in [-0.39, 0.29) is 0 Å². The SMILES string of the molecule is CSc1nnc(NC(=O)[C@H](C)N(c2ccccc2)S(C)(=O)=O)s1. The van der Waals surface area contributed by atoms with Crippen LogP contribution in [-0.4, -0.2) is 43.1 Å². The largest absolute Gasteiger partial charge is 0.299 e. The summed E-state index contributed by atoms with van der Waals surface area (Å²) in [6.45, 7) is 1.53. The van der Waals surface area contributed by atoms with Crippen LogP contribution in [0.5, 0.6) is 0 Å². The van der Waals surface area contributed by atoms with Crippen molar-refractivity contribution >= 4 is 49.8 Å². The first-order valence-corrected chi connectivity index (χ1v) is 10.4. The molecular formula is C13H16N4O3S3. The normalized spacial score (nSPS) is 12.7. The van der Waals surface area contributed by atoms with Crippen LogP contribution in [0.2, 0.25) is 0 Å². The van der Waals surface area contributed by atoms with Crippen molar-refractivity contribution in [2.45, 2.75) is 17.3 Å². The highest BCUT2D eigenvalue weighted by Crippen LogP contribution is 2.24. The molecule has 2 rings (SSSR count). The highest BCUT2D eigenvalue weighted by Gasteiger charge is 2.29. The lowest BCUT2D eigenvalue weighted by molar-refractivity contribution is -0.116. The Balaban J connectivity index is 2.23. The Labute approximate surface area is 143 Å². The summed E-state index contributed by atoms with van der Waals surface area (Å²) in [6.07, 6.45) is 2.93. The van der Waals surface area contributed by atoms with Crippen LogP contribution in [0, 0.1) is 0 Å². The molecule has 0 bridgehead atoms. The Hall–Kier alpha value is -1.65. The third-order valence-electron chi connectivity index (χ3n) is 2.91. The number of amides is 1. The van der Waals surface area contributed by atoms with E-state index in [4.69, 9.17) is 0 Å². The van der Waals surface area contributed by atoms with Gasteiger partial charge in [0.25, 0.3) is 0 Å². The summed E-state index contributed by atoms with van der Waals surface area (Å²) in [4.78, 5) is 12.4. The zero-order valence-corrected chi connectivity index (χ0v) is 15.2. The van der Waals surface area contributed by atoms with Gasteiger partial charge in [-0.3, -0.25) is 14.4 Å². The smallest absolute Gasteiger partial charge is 0.249 e. The van der Waals surface area contributed by atoms with E-state index in [1.807, 2.05) is 6.26 Å². The summed E-state index contributed by atoms with van der Waals surface area (Å²) >= 11 is 2.65. The van der Waals surface area contributed by atoms with Crippen LogP contribution in [0.25, 0.3) is 0 Å². The molecule has 1 aromatic heterocycles. The number of hydrogen-bond acceptors (Lipinski definition) is 7. The first-order valence-electron chi connectivity index (χ1n) is 6.55. The molecule has 0 aliphatic rings. The van der Waals surface area contributed by atoms with E-state index in [0.29, 0.717) is 10.8 Å². The first-order chi connectivity index (χ1) is 10.8. The van der Waals surface area contributed by atoms with Gasteiger partial charge in [-0.25, -0.2) is 8.42 Å².